The molecular weight excluding hydrogens is 272 g/mol. The van der Waals surface area contributed by atoms with E-state index in [4.69, 9.17) is 4.74 Å². The van der Waals surface area contributed by atoms with Crippen LogP contribution in [0.3, 0.4) is 0 Å². The van der Waals surface area contributed by atoms with Crippen molar-refractivity contribution in [2.75, 3.05) is 44.7 Å². The van der Waals surface area contributed by atoms with Crippen molar-refractivity contribution in [3.05, 3.63) is 36.4 Å². The highest BCUT2D eigenvalue weighted by Gasteiger charge is 2.36. The Morgan fingerprint density at radius 1 is 1.09 bits per heavy atom. The van der Waals surface area contributed by atoms with E-state index < -0.39 is 0 Å². The lowest BCUT2D eigenvalue weighted by Crippen LogP contribution is -2.48. The molecule has 0 N–H and O–H groups in total. The van der Waals surface area contributed by atoms with Gasteiger partial charge in [0.2, 0.25) is 0 Å². The Morgan fingerprint density at radius 2 is 1.95 bits per heavy atom. The van der Waals surface area contributed by atoms with Gasteiger partial charge in [-0.25, -0.2) is 0 Å². The van der Waals surface area contributed by atoms with E-state index in [0.717, 1.165) is 36.6 Å². The summed E-state index contributed by atoms with van der Waals surface area (Å²) in [5.41, 5.74) is 1.29. The predicted octanol–water partition coefficient (Wildman–Crippen LogP) is 3.03. The number of allylic oxidation sites excluding steroid dienone is 2. The molecular formula is C19H26N2O. The van der Waals surface area contributed by atoms with Crippen molar-refractivity contribution in [2.45, 2.75) is 12.8 Å². The van der Waals surface area contributed by atoms with E-state index in [1.165, 1.54) is 38.2 Å². The Kier molecular flexibility index (Phi) is 3.83. The van der Waals surface area contributed by atoms with Crippen molar-refractivity contribution in [1.82, 2.24) is 4.90 Å². The van der Waals surface area contributed by atoms with Crippen molar-refractivity contribution in [3.63, 3.8) is 0 Å². The molecule has 3 nitrogen and oxygen atoms in total. The molecule has 0 amide bonds. The minimum absolute atomic E-state index is 0.876. The van der Waals surface area contributed by atoms with Gasteiger partial charge in [-0.2, -0.15) is 0 Å². The van der Waals surface area contributed by atoms with Crippen LogP contribution in [0.5, 0.6) is 5.75 Å². The second kappa shape index (κ2) is 5.96. The molecule has 1 aliphatic heterocycles. The quantitative estimate of drug-likeness (QED) is 0.795. The fraction of sp³-hybridized carbons (Fsp3) is 0.579. The molecule has 3 aliphatic rings. The summed E-state index contributed by atoms with van der Waals surface area (Å²) in [4.78, 5) is 5.16. The van der Waals surface area contributed by atoms with E-state index in [0.29, 0.717) is 0 Å². The number of ether oxygens (including phenoxy) is 1. The molecule has 1 saturated carbocycles. The molecule has 1 saturated heterocycles. The van der Waals surface area contributed by atoms with Crippen LogP contribution in [0.15, 0.2) is 36.4 Å². The van der Waals surface area contributed by atoms with Crippen LogP contribution in [-0.4, -0.2) is 44.7 Å². The van der Waals surface area contributed by atoms with E-state index in [2.05, 4.69) is 40.2 Å². The van der Waals surface area contributed by atoms with Crippen molar-refractivity contribution >= 4 is 5.69 Å². The highest BCUT2D eigenvalue weighted by atomic mass is 16.5. The zero-order valence-electron chi connectivity index (χ0n) is 13.4. The average molecular weight is 298 g/mol. The standard InChI is InChI=1S/C19H26N2O/c1-22-19-4-2-3-18(13-19)21-9-7-20(8-10-21)14-17-12-15-5-6-16(17)11-15/h2-6,13,15-17H,7-12,14H2,1H3/t15-,16-,17-/m0/s1. The number of hydrogen-bond donors (Lipinski definition) is 0. The number of fused-ring (bicyclic) bond motifs is 2. The lowest BCUT2D eigenvalue weighted by atomic mass is 9.93. The molecule has 22 heavy (non-hydrogen) atoms. The summed E-state index contributed by atoms with van der Waals surface area (Å²) >= 11 is 0. The summed E-state index contributed by atoms with van der Waals surface area (Å²) in [6, 6.07) is 8.44. The minimum atomic E-state index is 0.876. The maximum absolute atomic E-state index is 5.34. The third kappa shape index (κ3) is 2.74. The lowest BCUT2D eigenvalue weighted by molar-refractivity contribution is 0.204. The first-order valence-electron chi connectivity index (χ1n) is 8.61. The van der Waals surface area contributed by atoms with Gasteiger partial charge < -0.3 is 9.64 Å². The SMILES string of the molecule is COc1cccc(N2CCN(C[C@@H]3C[C@H]4C=C[C@H]3C4)CC2)c1. The van der Waals surface area contributed by atoms with Gasteiger partial charge in [-0.05, 0) is 42.7 Å². The normalized spacial score (nSPS) is 31.0. The van der Waals surface area contributed by atoms with E-state index in [9.17, 15) is 0 Å². The third-order valence-corrected chi connectivity index (χ3v) is 5.70. The first kappa shape index (κ1) is 14.1. The van der Waals surface area contributed by atoms with E-state index >= 15 is 0 Å². The van der Waals surface area contributed by atoms with Gasteiger partial charge in [0.05, 0.1) is 7.11 Å². The molecule has 0 unspecified atom stereocenters. The predicted molar refractivity (Wildman–Crippen MR) is 90.5 cm³/mol. The van der Waals surface area contributed by atoms with Gasteiger partial charge in [0.1, 0.15) is 5.75 Å². The smallest absolute Gasteiger partial charge is 0.120 e. The minimum Gasteiger partial charge on any atom is -0.497 e. The molecule has 3 heteroatoms. The number of rotatable bonds is 4. The molecule has 0 radical (unpaired) electrons. The molecule has 1 aromatic rings. The summed E-state index contributed by atoms with van der Waals surface area (Å²) in [6.45, 7) is 5.94. The third-order valence-electron chi connectivity index (χ3n) is 5.70. The lowest BCUT2D eigenvalue weighted by Gasteiger charge is -2.38. The fourth-order valence-electron chi connectivity index (χ4n) is 4.43. The maximum Gasteiger partial charge on any atom is 0.120 e. The number of nitrogens with zero attached hydrogens (tertiary/aromatic N) is 2. The van der Waals surface area contributed by atoms with Crippen LogP contribution >= 0.6 is 0 Å². The number of methoxy groups -OCH3 is 1. The van der Waals surface area contributed by atoms with Crippen molar-refractivity contribution < 1.29 is 4.74 Å². The van der Waals surface area contributed by atoms with E-state index in [1.54, 1.807) is 7.11 Å². The number of anilines is 1. The van der Waals surface area contributed by atoms with Gasteiger partial charge in [-0.3, -0.25) is 4.90 Å². The highest BCUT2D eigenvalue weighted by Crippen LogP contribution is 2.43. The first-order chi connectivity index (χ1) is 10.8. The molecule has 3 atom stereocenters. The van der Waals surface area contributed by atoms with Crippen LogP contribution in [0, 0.1) is 17.8 Å². The molecule has 0 spiro atoms. The largest absolute Gasteiger partial charge is 0.497 e. The van der Waals surface area contributed by atoms with Crippen LogP contribution < -0.4 is 9.64 Å². The summed E-state index contributed by atoms with van der Waals surface area (Å²) in [5.74, 6) is 3.64. The Balaban J connectivity index is 1.31. The number of benzene rings is 1. The molecule has 118 valence electrons. The van der Waals surface area contributed by atoms with Crippen LogP contribution in [0.4, 0.5) is 5.69 Å². The van der Waals surface area contributed by atoms with Gasteiger partial charge in [0.25, 0.3) is 0 Å². The summed E-state index contributed by atoms with van der Waals surface area (Å²) in [7, 11) is 1.74. The topological polar surface area (TPSA) is 15.7 Å². The van der Waals surface area contributed by atoms with Gasteiger partial charge in [0.15, 0.2) is 0 Å². The van der Waals surface area contributed by atoms with Gasteiger partial charge >= 0.3 is 0 Å². The van der Waals surface area contributed by atoms with Crippen LogP contribution in [0.1, 0.15) is 12.8 Å². The number of piperazine rings is 1. The van der Waals surface area contributed by atoms with E-state index in [-0.39, 0.29) is 0 Å². The summed E-state index contributed by atoms with van der Waals surface area (Å²) < 4.78 is 5.34. The summed E-state index contributed by atoms with van der Waals surface area (Å²) in [6.07, 6.45) is 7.78. The average Bonchev–Trinajstić information content (AvgIpc) is 3.18. The van der Waals surface area contributed by atoms with Gasteiger partial charge in [0, 0.05) is 44.5 Å². The molecule has 0 aromatic heterocycles. The van der Waals surface area contributed by atoms with Crippen molar-refractivity contribution in [3.8, 4) is 5.75 Å². The molecule has 1 aromatic carbocycles. The van der Waals surface area contributed by atoms with Gasteiger partial charge in [-0.15, -0.1) is 0 Å². The second-order valence-corrected chi connectivity index (χ2v) is 7.03. The summed E-state index contributed by atoms with van der Waals surface area (Å²) in [5, 5.41) is 0. The Bertz CT molecular complexity index is 548. The first-order valence-corrected chi connectivity index (χ1v) is 8.61. The zero-order chi connectivity index (χ0) is 14.9. The fourth-order valence-corrected chi connectivity index (χ4v) is 4.43. The Morgan fingerprint density at radius 3 is 2.64 bits per heavy atom. The van der Waals surface area contributed by atoms with Crippen LogP contribution in [0.25, 0.3) is 0 Å². The monoisotopic (exact) mass is 298 g/mol. The second-order valence-electron chi connectivity index (χ2n) is 7.03. The van der Waals surface area contributed by atoms with E-state index in [1.807, 2.05) is 6.07 Å². The highest BCUT2D eigenvalue weighted by molar-refractivity contribution is 5.51. The maximum atomic E-state index is 5.34. The molecule has 1 heterocycles. The molecule has 2 fully saturated rings. The van der Waals surface area contributed by atoms with Gasteiger partial charge in [-0.1, -0.05) is 18.2 Å². The Hall–Kier alpha value is -1.48. The number of hydrogen-bond acceptors (Lipinski definition) is 3. The molecule has 4 rings (SSSR count). The van der Waals surface area contributed by atoms with Crippen molar-refractivity contribution in [2.24, 2.45) is 17.8 Å². The molecule has 2 bridgehead atoms. The Labute approximate surface area is 133 Å². The molecule has 2 aliphatic carbocycles. The van der Waals surface area contributed by atoms with Crippen LogP contribution in [-0.2, 0) is 0 Å². The van der Waals surface area contributed by atoms with Crippen molar-refractivity contribution in [1.29, 1.82) is 0 Å². The van der Waals surface area contributed by atoms with Crippen LogP contribution in [0.2, 0.25) is 0 Å². The zero-order valence-corrected chi connectivity index (χ0v) is 13.4.